The summed E-state index contributed by atoms with van der Waals surface area (Å²) in [6.45, 7) is 5.21. The highest BCUT2D eigenvalue weighted by Crippen LogP contribution is 2.20. The molecule has 7 nitrogen and oxygen atoms in total. The van der Waals surface area contributed by atoms with Gasteiger partial charge in [-0.15, -0.1) is 0 Å². The van der Waals surface area contributed by atoms with Gasteiger partial charge in [-0.3, -0.25) is 4.79 Å². The van der Waals surface area contributed by atoms with Crippen molar-refractivity contribution in [2.75, 3.05) is 13.2 Å². The zero-order valence-electron chi connectivity index (χ0n) is 15.1. The van der Waals surface area contributed by atoms with Gasteiger partial charge in [0.05, 0.1) is 12.5 Å². The summed E-state index contributed by atoms with van der Waals surface area (Å²) in [5, 5.41) is 7.13. The SMILES string of the molecule is Cc1nc2ncnn2c(C)c1CC(=O)NCCCOC1CCCCC1. The summed E-state index contributed by atoms with van der Waals surface area (Å²) in [7, 11) is 0. The Kier molecular flexibility index (Phi) is 5.96. The van der Waals surface area contributed by atoms with Crippen molar-refractivity contribution in [1.82, 2.24) is 24.9 Å². The van der Waals surface area contributed by atoms with E-state index in [2.05, 4.69) is 20.4 Å². The maximum Gasteiger partial charge on any atom is 0.252 e. The van der Waals surface area contributed by atoms with E-state index in [1.807, 2.05) is 13.8 Å². The molecule has 0 bridgehead atoms. The third-order valence-electron chi connectivity index (χ3n) is 4.88. The van der Waals surface area contributed by atoms with Crippen molar-refractivity contribution in [1.29, 1.82) is 0 Å². The summed E-state index contributed by atoms with van der Waals surface area (Å²) in [5.41, 5.74) is 2.65. The fourth-order valence-corrected chi connectivity index (χ4v) is 3.42. The van der Waals surface area contributed by atoms with Gasteiger partial charge < -0.3 is 10.1 Å². The third kappa shape index (κ3) is 4.54. The highest BCUT2D eigenvalue weighted by atomic mass is 16.5. The van der Waals surface area contributed by atoms with Crippen molar-refractivity contribution in [3.63, 3.8) is 0 Å². The standard InChI is InChI=1S/C18H27N5O2/c1-13-16(14(2)23-18(22-13)20-12-21-23)11-17(24)19-9-6-10-25-15-7-4-3-5-8-15/h12,15H,3-11H2,1-2H3,(H,19,24). The zero-order chi connectivity index (χ0) is 17.6. The summed E-state index contributed by atoms with van der Waals surface area (Å²) < 4.78 is 7.55. The molecule has 7 heteroatoms. The number of aromatic nitrogens is 4. The molecule has 1 amide bonds. The zero-order valence-corrected chi connectivity index (χ0v) is 15.1. The van der Waals surface area contributed by atoms with Crippen molar-refractivity contribution < 1.29 is 9.53 Å². The third-order valence-corrected chi connectivity index (χ3v) is 4.88. The van der Waals surface area contributed by atoms with Gasteiger partial charge in [0.1, 0.15) is 6.33 Å². The van der Waals surface area contributed by atoms with Gasteiger partial charge in [-0.1, -0.05) is 19.3 Å². The van der Waals surface area contributed by atoms with Crippen LogP contribution in [0.1, 0.15) is 55.5 Å². The molecule has 25 heavy (non-hydrogen) atoms. The van der Waals surface area contributed by atoms with E-state index >= 15 is 0 Å². The Morgan fingerprint density at radius 3 is 2.92 bits per heavy atom. The maximum absolute atomic E-state index is 12.2. The fraction of sp³-hybridized carbons (Fsp3) is 0.667. The maximum atomic E-state index is 12.2. The molecule has 2 aromatic heterocycles. The van der Waals surface area contributed by atoms with Gasteiger partial charge in [0.2, 0.25) is 5.91 Å². The Morgan fingerprint density at radius 2 is 2.12 bits per heavy atom. The van der Waals surface area contributed by atoms with E-state index in [0.29, 0.717) is 24.8 Å². The molecule has 3 rings (SSSR count). The fourth-order valence-electron chi connectivity index (χ4n) is 3.42. The first-order chi connectivity index (χ1) is 12.1. The van der Waals surface area contributed by atoms with Crippen LogP contribution in [-0.2, 0) is 16.0 Å². The van der Waals surface area contributed by atoms with E-state index in [9.17, 15) is 4.79 Å². The summed E-state index contributed by atoms with van der Waals surface area (Å²) >= 11 is 0. The lowest BCUT2D eigenvalue weighted by Gasteiger charge is -2.21. The van der Waals surface area contributed by atoms with Crippen molar-refractivity contribution in [2.45, 2.75) is 64.9 Å². The molecule has 1 aliphatic rings. The molecule has 1 aliphatic carbocycles. The molecule has 0 radical (unpaired) electrons. The van der Waals surface area contributed by atoms with Crippen LogP contribution < -0.4 is 5.32 Å². The van der Waals surface area contributed by atoms with Gasteiger partial charge in [-0.25, -0.2) is 9.50 Å². The van der Waals surface area contributed by atoms with E-state index in [-0.39, 0.29) is 5.91 Å². The number of nitrogens with zero attached hydrogens (tertiary/aromatic N) is 4. The van der Waals surface area contributed by atoms with Crippen LogP contribution in [0.2, 0.25) is 0 Å². The Balaban J connectivity index is 1.43. The smallest absolute Gasteiger partial charge is 0.252 e. The average Bonchev–Trinajstić information content (AvgIpc) is 3.07. The highest BCUT2D eigenvalue weighted by molar-refractivity contribution is 5.79. The molecule has 0 saturated heterocycles. The molecule has 136 valence electrons. The van der Waals surface area contributed by atoms with Crippen LogP contribution in [0.4, 0.5) is 0 Å². The van der Waals surface area contributed by atoms with Crippen molar-refractivity contribution in [2.24, 2.45) is 0 Å². The van der Waals surface area contributed by atoms with E-state index < -0.39 is 0 Å². The molecular weight excluding hydrogens is 318 g/mol. The number of carbonyl (C=O) groups is 1. The summed E-state index contributed by atoms with van der Waals surface area (Å²) in [6, 6.07) is 0. The second-order valence-electron chi connectivity index (χ2n) is 6.74. The average molecular weight is 345 g/mol. The van der Waals surface area contributed by atoms with Crippen molar-refractivity contribution in [3.05, 3.63) is 23.3 Å². The largest absolute Gasteiger partial charge is 0.378 e. The molecule has 0 unspecified atom stereocenters. The number of carbonyl (C=O) groups excluding carboxylic acids is 1. The van der Waals surface area contributed by atoms with E-state index in [1.54, 1.807) is 4.52 Å². The minimum atomic E-state index is 0.00475. The molecule has 1 N–H and O–H groups in total. The monoisotopic (exact) mass is 345 g/mol. The van der Waals surface area contributed by atoms with Crippen molar-refractivity contribution in [3.8, 4) is 0 Å². The molecule has 0 aromatic carbocycles. The summed E-state index contributed by atoms with van der Waals surface area (Å²) in [5.74, 6) is 0.573. The Labute approximate surface area is 148 Å². The van der Waals surface area contributed by atoms with E-state index in [1.165, 1.54) is 38.4 Å². The quantitative estimate of drug-likeness (QED) is 0.778. The Bertz CT molecular complexity index is 722. The summed E-state index contributed by atoms with van der Waals surface area (Å²) in [6.07, 6.45) is 9.33. The number of nitrogens with one attached hydrogen (secondary N) is 1. The normalized spacial score (nSPS) is 15.6. The second-order valence-corrected chi connectivity index (χ2v) is 6.74. The van der Waals surface area contributed by atoms with Gasteiger partial charge in [-0.05, 0) is 33.1 Å². The predicted molar refractivity (Wildman–Crippen MR) is 94.4 cm³/mol. The summed E-state index contributed by atoms with van der Waals surface area (Å²) in [4.78, 5) is 20.7. The Morgan fingerprint density at radius 1 is 1.32 bits per heavy atom. The minimum Gasteiger partial charge on any atom is -0.378 e. The molecule has 0 aliphatic heterocycles. The van der Waals surface area contributed by atoms with Gasteiger partial charge in [-0.2, -0.15) is 10.1 Å². The predicted octanol–water partition coefficient (Wildman–Crippen LogP) is 2.14. The van der Waals surface area contributed by atoms with Gasteiger partial charge in [0.25, 0.3) is 5.78 Å². The van der Waals surface area contributed by atoms with Gasteiger partial charge in [0.15, 0.2) is 0 Å². The van der Waals surface area contributed by atoms with Crippen LogP contribution in [0.15, 0.2) is 6.33 Å². The number of hydrogen-bond acceptors (Lipinski definition) is 5. The molecule has 0 spiro atoms. The first-order valence-corrected chi connectivity index (χ1v) is 9.19. The molecule has 1 saturated carbocycles. The lowest BCUT2D eigenvalue weighted by molar-refractivity contribution is -0.120. The second kappa shape index (κ2) is 8.38. The van der Waals surface area contributed by atoms with Crippen LogP contribution in [0.3, 0.4) is 0 Å². The number of hydrogen-bond donors (Lipinski definition) is 1. The minimum absolute atomic E-state index is 0.00475. The van der Waals surface area contributed by atoms with Crippen LogP contribution >= 0.6 is 0 Å². The van der Waals surface area contributed by atoms with Gasteiger partial charge in [0, 0.05) is 30.1 Å². The lowest BCUT2D eigenvalue weighted by Crippen LogP contribution is -2.28. The molecule has 2 aromatic rings. The number of amides is 1. The number of aryl methyl sites for hydroxylation is 2. The number of rotatable bonds is 7. The Hall–Kier alpha value is -2.02. The first kappa shape index (κ1) is 17.8. The lowest BCUT2D eigenvalue weighted by atomic mass is 9.98. The van der Waals surface area contributed by atoms with E-state index in [4.69, 9.17) is 4.74 Å². The van der Waals surface area contributed by atoms with Crippen LogP contribution in [0.5, 0.6) is 0 Å². The topological polar surface area (TPSA) is 81.4 Å². The van der Waals surface area contributed by atoms with Crippen LogP contribution in [0.25, 0.3) is 5.78 Å². The van der Waals surface area contributed by atoms with Gasteiger partial charge >= 0.3 is 0 Å². The van der Waals surface area contributed by atoms with E-state index in [0.717, 1.165) is 30.0 Å². The van der Waals surface area contributed by atoms with Crippen LogP contribution in [0, 0.1) is 13.8 Å². The van der Waals surface area contributed by atoms with Crippen LogP contribution in [-0.4, -0.2) is 44.7 Å². The van der Waals surface area contributed by atoms with Crippen molar-refractivity contribution >= 4 is 11.7 Å². The number of fused-ring (bicyclic) bond motifs is 1. The molecule has 0 atom stereocenters. The highest BCUT2D eigenvalue weighted by Gasteiger charge is 2.15. The number of ether oxygens (including phenoxy) is 1. The molecule has 1 fully saturated rings. The molecular formula is C18H27N5O2. The first-order valence-electron chi connectivity index (χ1n) is 9.19. The molecule has 2 heterocycles.